The Labute approximate surface area is 568 Å². The first-order valence-corrected chi connectivity index (χ1v) is 35.4. The molecule has 15 heteroatoms. The van der Waals surface area contributed by atoms with E-state index in [2.05, 4.69) is 39.8 Å². The Morgan fingerprint density at radius 1 is 0.402 bits per heavy atom. The number of rotatable bonds is 22. The zero-order chi connectivity index (χ0) is 68.8. The average Bonchev–Trinajstić information content (AvgIpc) is 0.832. The predicted molar refractivity (Wildman–Crippen MR) is 362 cm³/mol. The maximum Gasteiger partial charge on any atom is 0.416 e. The Kier molecular flexibility index (Phi) is 28.7. The molecule has 4 aliphatic heterocycles. The van der Waals surface area contributed by atoms with Crippen molar-refractivity contribution in [2.24, 2.45) is 5.92 Å². The molecular formula is C82H96F10O5. The maximum atomic E-state index is 14.7. The summed E-state index contributed by atoms with van der Waals surface area (Å²) in [7, 11) is 0. The zero-order valence-electron chi connectivity index (χ0n) is 56.8. The van der Waals surface area contributed by atoms with Crippen LogP contribution in [0.2, 0.25) is 0 Å². The quantitative estimate of drug-likeness (QED) is 0.0500. The average molecular weight is 1350 g/mol. The fourth-order valence-electron chi connectivity index (χ4n) is 14.0. The molecular weight excluding hydrogens is 1250 g/mol. The van der Waals surface area contributed by atoms with E-state index in [0.717, 1.165) is 162 Å². The maximum absolute atomic E-state index is 14.7. The van der Waals surface area contributed by atoms with Crippen LogP contribution >= 0.6 is 0 Å². The SMILES string of the molecule is CCCCCc1cc(F)c2c(c1)COC(CCC1CCC(OCC)CC1)C2.CCCCCc1cc(F)c2c(c1)COC(c1ccc(C(F)(F)F)cc1)C2.CCCc1cc(F)c2c(c1)COC(c1ccc(CCF)cc1)C2.Fc1ccc(CCC2Cc3c(F)cccc3CO2)cc1F. The van der Waals surface area contributed by atoms with Crippen molar-refractivity contribution in [2.75, 3.05) is 13.3 Å². The van der Waals surface area contributed by atoms with E-state index < -0.39 is 29.5 Å². The largest absolute Gasteiger partial charge is 0.416 e. The second-order valence-corrected chi connectivity index (χ2v) is 26.7. The molecule has 0 N–H and O–H groups in total. The summed E-state index contributed by atoms with van der Waals surface area (Å²) in [4.78, 5) is 0. The topological polar surface area (TPSA) is 46.2 Å². The Morgan fingerprint density at radius 2 is 0.887 bits per heavy atom. The summed E-state index contributed by atoms with van der Waals surface area (Å²) < 4.78 is 163. The lowest BCUT2D eigenvalue weighted by molar-refractivity contribution is -0.137. The predicted octanol–water partition coefficient (Wildman–Crippen LogP) is 22.0. The van der Waals surface area contributed by atoms with E-state index in [9.17, 15) is 43.9 Å². The highest BCUT2D eigenvalue weighted by Crippen LogP contribution is 2.38. The van der Waals surface area contributed by atoms with Gasteiger partial charge in [0.25, 0.3) is 0 Å². The highest BCUT2D eigenvalue weighted by atomic mass is 19.4. The first-order valence-electron chi connectivity index (χ1n) is 35.4. The van der Waals surface area contributed by atoms with Crippen LogP contribution in [0.15, 0.2) is 121 Å². The molecule has 0 aromatic heterocycles. The van der Waals surface area contributed by atoms with E-state index in [1.165, 1.54) is 69.2 Å². The first-order chi connectivity index (χ1) is 46.9. The number of fused-ring (bicyclic) bond motifs is 4. The molecule has 5 nitrogen and oxygen atoms in total. The lowest BCUT2D eigenvalue weighted by Crippen LogP contribution is -2.26. The van der Waals surface area contributed by atoms with E-state index in [-0.39, 0.29) is 54.9 Å². The number of halogens is 10. The number of ether oxygens (including phenoxy) is 5. The van der Waals surface area contributed by atoms with E-state index in [1.807, 2.05) is 36.4 Å². The van der Waals surface area contributed by atoms with Gasteiger partial charge in [0.15, 0.2) is 11.6 Å². The van der Waals surface area contributed by atoms with Crippen LogP contribution in [-0.2, 0) is 114 Å². The summed E-state index contributed by atoms with van der Waals surface area (Å²) in [6.45, 7) is 10.7. The Balaban J connectivity index is 0.000000152. The van der Waals surface area contributed by atoms with E-state index >= 15 is 0 Å². The fraction of sp³-hybridized carbons (Fsp3) is 0.488. The highest BCUT2D eigenvalue weighted by molar-refractivity contribution is 5.40. The number of benzene rings is 7. The molecule has 4 heterocycles. The summed E-state index contributed by atoms with van der Waals surface area (Å²) in [6, 6.07) is 32.8. The van der Waals surface area contributed by atoms with Crippen molar-refractivity contribution >= 4 is 0 Å². The zero-order valence-corrected chi connectivity index (χ0v) is 56.8. The summed E-state index contributed by atoms with van der Waals surface area (Å²) in [5, 5.41) is 0. The van der Waals surface area contributed by atoms with Crippen LogP contribution < -0.4 is 0 Å². The van der Waals surface area contributed by atoms with Crippen LogP contribution in [0.3, 0.4) is 0 Å². The number of unbranched alkanes of at least 4 members (excludes halogenated alkanes) is 4. The number of hydrogen-bond donors (Lipinski definition) is 0. The van der Waals surface area contributed by atoms with Crippen LogP contribution in [0.25, 0.3) is 0 Å². The van der Waals surface area contributed by atoms with Gasteiger partial charge in [0, 0.05) is 38.7 Å². The molecule has 1 saturated carbocycles. The smallest absolute Gasteiger partial charge is 0.379 e. The van der Waals surface area contributed by atoms with Crippen molar-refractivity contribution < 1.29 is 67.6 Å². The van der Waals surface area contributed by atoms with Crippen LogP contribution in [0.1, 0.15) is 219 Å². The molecule has 7 aromatic rings. The van der Waals surface area contributed by atoms with Gasteiger partial charge in [-0.25, -0.2) is 26.3 Å². The van der Waals surface area contributed by atoms with Gasteiger partial charge < -0.3 is 23.7 Å². The van der Waals surface area contributed by atoms with Gasteiger partial charge in [0.1, 0.15) is 23.3 Å². The molecule has 0 saturated heterocycles. The van der Waals surface area contributed by atoms with Crippen molar-refractivity contribution in [3.63, 3.8) is 0 Å². The standard InChI is InChI=1S/C24H37FO2.C21H22F4O.C20H22F2O.C17H15F3O/c1-3-5-6-7-19-14-20-17-27-22(16-23(20)24(25)15-19)13-10-18-8-11-21(12-9-18)26-4-2;1-2-3-4-5-14-10-16-13-26-20(12-18(16)19(22)11-14)15-6-8-17(9-7-15)21(23,24)25;1-2-3-15-10-17-13-23-20(12-18(17)19(22)11-15)16-6-4-14(5-7-16)8-9-21;18-15-3-1-2-12-10-21-13(9-14(12)15)6-4-11-5-7-16(19)17(20)8-11/h14-15,18,21-22H,3-13,16-17H2,1-2H3;6-11,20H,2-5,12-13H2,1H3;4-7,10-11,20H,2-3,8-9,12-13H2,1H3;1-3,5,7-8,13H,4,6,9-10H2. The number of alkyl halides is 4. The molecule has 12 rings (SSSR count). The van der Waals surface area contributed by atoms with E-state index in [4.69, 9.17) is 23.7 Å². The van der Waals surface area contributed by atoms with Gasteiger partial charge in [-0.15, -0.1) is 0 Å². The van der Waals surface area contributed by atoms with Crippen LogP contribution in [0.4, 0.5) is 43.9 Å². The van der Waals surface area contributed by atoms with Crippen molar-refractivity contribution in [3.8, 4) is 0 Å². The molecule has 97 heavy (non-hydrogen) atoms. The van der Waals surface area contributed by atoms with Crippen LogP contribution in [0, 0.1) is 40.8 Å². The molecule has 5 aliphatic rings. The van der Waals surface area contributed by atoms with Gasteiger partial charge in [-0.1, -0.05) is 126 Å². The minimum atomic E-state index is -4.36. The van der Waals surface area contributed by atoms with Crippen LogP contribution in [0.5, 0.6) is 0 Å². The molecule has 0 amide bonds. The molecule has 0 bridgehead atoms. The van der Waals surface area contributed by atoms with Crippen molar-refractivity contribution in [1.29, 1.82) is 0 Å². The first kappa shape index (κ1) is 74.9. The van der Waals surface area contributed by atoms with E-state index in [1.54, 1.807) is 30.3 Å². The monoisotopic (exact) mass is 1350 g/mol. The lowest BCUT2D eigenvalue weighted by atomic mass is 9.83. The van der Waals surface area contributed by atoms with Gasteiger partial charge in [0.05, 0.1) is 69.2 Å². The minimum absolute atomic E-state index is 0.00970. The van der Waals surface area contributed by atoms with Gasteiger partial charge in [-0.05, 0) is 228 Å². The van der Waals surface area contributed by atoms with Gasteiger partial charge >= 0.3 is 6.18 Å². The summed E-state index contributed by atoms with van der Waals surface area (Å²) in [6.07, 6.45) is 17.2. The summed E-state index contributed by atoms with van der Waals surface area (Å²) in [5.74, 6) is -1.46. The normalized spacial score (nSPS) is 19.5. The highest BCUT2D eigenvalue weighted by Gasteiger charge is 2.32. The Hall–Kier alpha value is -6.36. The fourth-order valence-corrected chi connectivity index (χ4v) is 14.0. The molecule has 4 unspecified atom stereocenters. The van der Waals surface area contributed by atoms with Gasteiger partial charge in [-0.2, -0.15) is 13.2 Å². The molecule has 7 aromatic carbocycles. The van der Waals surface area contributed by atoms with Crippen LogP contribution in [-0.4, -0.2) is 31.6 Å². The van der Waals surface area contributed by atoms with E-state index in [0.29, 0.717) is 81.1 Å². The molecule has 4 atom stereocenters. The number of hydrogen-bond acceptors (Lipinski definition) is 5. The van der Waals surface area contributed by atoms with Gasteiger partial charge in [-0.3, -0.25) is 4.39 Å². The molecule has 524 valence electrons. The van der Waals surface area contributed by atoms with Crippen molar-refractivity contribution in [3.05, 3.63) is 245 Å². The van der Waals surface area contributed by atoms with Crippen molar-refractivity contribution in [2.45, 2.75) is 238 Å². The minimum Gasteiger partial charge on any atom is -0.379 e. The third-order valence-corrected chi connectivity index (χ3v) is 19.6. The molecule has 1 aliphatic carbocycles. The summed E-state index contributed by atoms with van der Waals surface area (Å²) >= 11 is 0. The van der Waals surface area contributed by atoms with Crippen molar-refractivity contribution in [1.82, 2.24) is 0 Å². The third-order valence-electron chi connectivity index (χ3n) is 19.6. The second kappa shape index (κ2) is 37.2. The third kappa shape index (κ3) is 21.8. The molecule has 0 spiro atoms. The number of aryl methyl sites for hydroxylation is 5. The lowest BCUT2D eigenvalue weighted by Gasteiger charge is -2.31. The molecule has 1 fully saturated rings. The Morgan fingerprint density at radius 3 is 1.40 bits per heavy atom. The summed E-state index contributed by atoms with van der Waals surface area (Å²) in [5.41, 5.74) is 12.6. The second-order valence-electron chi connectivity index (χ2n) is 26.7. The Bertz CT molecular complexity index is 3580. The van der Waals surface area contributed by atoms with Gasteiger partial charge in [0.2, 0.25) is 0 Å². The molecule has 0 radical (unpaired) electrons.